The third kappa shape index (κ3) is 27.0. The van der Waals surface area contributed by atoms with Gasteiger partial charge >= 0.3 is 57.5 Å². The Morgan fingerprint density at radius 2 is 1.70 bits per heavy atom. The number of primary amides is 1. The fraction of sp³-hybridized carbons (Fsp3) is 0.571. The Kier molecular flexibility index (Phi) is 34.0. The molecule has 0 aliphatic rings. The monoisotopic (exact) mass is 450 g/mol. The Balaban J connectivity index is -0.000000513. The summed E-state index contributed by atoms with van der Waals surface area (Å²) < 4.78 is 4.99. The van der Waals surface area contributed by atoms with Crippen LogP contribution in [0.25, 0.3) is 5.73 Å². The zero-order valence-electron chi connectivity index (χ0n) is 19.4. The summed E-state index contributed by atoms with van der Waals surface area (Å²) in [6, 6.07) is -0.963. The Morgan fingerprint density at radius 1 is 1.13 bits per heavy atom. The van der Waals surface area contributed by atoms with E-state index >= 15 is 0 Å². The van der Waals surface area contributed by atoms with Crippen molar-refractivity contribution in [3.8, 4) is 0 Å². The number of unbranched alkanes of at least 4 members (excludes halogenated alkanes) is 1. The smallest absolute Gasteiger partial charge is 0.667 e. The molecular formula is C21H39KN4O4. The largest absolute Gasteiger partial charge is 1.00 e. The summed E-state index contributed by atoms with van der Waals surface area (Å²) in [5.74, 6) is -1.19. The summed E-state index contributed by atoms with van der Waals surface area (Å²) in [5.41, 5.74) is 13.2. The summed E-state index contributed by atoms with van der Waals surface area (Å²) in [7, 11) is 0. The zero-order valence-corrected chi connectivity index (χ0v) is 22.5. The van der Waals surface area contributed by atoms with E-state index in [1.54, 1.807) is 18.2 Å². The van der Waals surface area contributed by atoms with Gasteiger partial charge in [0.2, 0.25) is 11.8 Å². The minimum atomic E-state index is -0.963. The van der Waals surface area contributed by atoms with Crippen LogP contribution < -0.4 is 67.8 Å². The van der Waals surface area contributed by atoms with Gasteiger partial charge in [0.1, 0.15) is 6.61 Å². The first-order chi connectivity index (χ1) is 13.8. The summed E-state index contributed by atoms with van der Waals surface area (Å²) in [6.45, 7) is 15.6. The molecular weight excluding hydrogens is 411 g/mol. The maximum absolute atomic E-state index is 11.5. The Hall–Kier alpha value is -0.974. The fourth-order valence-electron chi connectivity index (χ4n) is 1.62. The van der Waals surface area contributed by atoms with E-state index in [-0.39, 0.29) is 64.5 Å². The van der Waals surface area contributed by atoms with Gasteiger partial charge in [-0.2, -0.15) is 0 Å². The number of rotatable bonds is 12. The number of alkyl carbamates (subject to hydrolysis) is 1. The van der Waals surface area contributed by atoms with Crippen molar-refractivity contribution < 1.29 is 70.5 Å². The molecule has 3 amide bonds. The number of hydrogen-bond acceptors (Lipinski definition) is 4. The van der Waals surface area contributed by atoms with Gasteiger partial charge < -0.3 is 26.8 Å². The van der Waals surface area contributed by atoms with Crippen molar-refractivity contribution in [3.05, 3.63) is 42.7 Å². The molecule has 0 heterocycles. The molecule has 0 saturated carbocycles. The maximum Gasteiger partial charge on any atom is 1.00 e. The molecule has 0 radical (unpaired) electrons. The average Bonchev–Trinajstić information content (AvgIpc) is 2.70. The van der Waals surface area contributed by atoms with Crippen LogP contribution in [0.4, 0.5) is 4.79 Å². The fourth-order valence-corrected chi connectivity index (χ4v) is 1.62. The molecule has 8 nitrogen and oxygen atoms in total. The number of carbonyl (C=O) groups is 3. The maximum atomic E-state index is 11.5. The SMILES string of the molecule is C=C/C=C(\C=C)COC(=O)NCCCCC([NH-])C(=O)NCC(N)=O.CC.CCC.[K+]. The second-order valence-corrected chi connectivity index (χ2v) is 5.62. The van der Waals surface area contributed by atoms with Gasteiger partial charge in [-0.15, -0.1) is 0 Å². The molecule has 0 saturated heterocycles. The third-order valence-electron chi connectivity index (χ3n) is 2.91. The summed E-state index contributed by atoms with van der Waals surface area (Å²) in [5, 5.41) is 4.85. The molecule has 0 aromatic rings. The van der Waals surface area contributed by atoms with E-state index in [4.69, 9.17) is 16.2 Å². The van der Waals surface area contributed by atoms with Crippen molar-refractivity contribution in [2.24, 2.45) is 5.73 Å². The van der Waals surface area contributed by atoms with E-state index in [9.17, 15) is 14.4 Å². The quantitative estimate of drug-likeness (QED) is 0.229. The molecule has 5 N–H and O–H groups in total. The van der Waals surface area contributed by atoms with Gasteiger partial charge in [-0.05, 0) is 12.0 Å². The number of carbonyl (C=O) groups excluding carboxylic acids is 3. The van der Waals surface area contributed by atoms with Gasteiger partial charge in [-0.3, -0.25) is 9.59 Å². The second-order valence-electron chi connectivity index (χ2n) is 5.62. The van der Waals surface area contributed by atoms with Crippen LogP contribution in [0.1, 0.15) is 53.4 Å². The van der Waals surface area contributed by atoms with Crippen LogP contribution in [0, 0.1) is 0 Å². The molecule has 9 heteroatoms. The van der Waals surface area contributed by atoms with Crippen molar-refractivity contribution in [2.45, 2.75) is 59.4 Å². The number of hydrogen-bond donors (Lipinski definition) is 3. The first-order valence-electron chi connectivity index (χ1n) is 9.94. The molecule has 0 spiro atoms. The number of nitrogens with two attached hydrogens (primary N) is 1. The molecule has 0 aromatic carbocycles. The van der Waals surface area contributed by atoms with E-state index < -0.39 is 23.9 Å². The van der Waals surface area contributed by atoms with E-state index in [2.05, 4.69) is 37.6 Å². The topological polar surface area (TPSA) is 134 Å². The van der Waals surface area contributed by atoms with Gasteiger partial charge in [-0.1, -0.05) is 84.4 Å². The molecule has 1 unspecified atom stereocenters. The van der Waals surface area contributed by atoms with Gasteiger partial charge in [0.05, 0.1) is 6.54 Å². The van der Waals surface area contributed by atoms with Crippen LogP contribution >= 0.6 is 0 Å². The number of allylic oxidation sites excluding steroid dienone is 2. The molecule has 0 fully saturated rings. The number of nitrogens with one attached hydrogen (secondary N) is 3. The molecule has 0 rings (SSSR count). The van der Waals surface area contributed by atoms with Crippen LogP contribution in [-0.2, 0) is 14.3 Å². The minimum absolute atomic E-state index is 0. The predicted molar refractivity (Wildman–Crippen MR) is 119 cm³/mol. The van der Waals surface area contributed by atoms with Crippen molar-refractivity contribution in [3.63, 3.8) is 0 Å². The zero-order chi connectivity index (χ0) is 23.1. The van der Waals surface area contributed by atoms with Crippen molar-refractivity contribution >= 4 is 17.9 Å². The second kappa shape index (κ2) is 28.0. The number of amides is 3. The summed E-state index contributed by atoms with van der Waals surface area (Å²) in [6.07, 6.45) is 7.05. The minimum Gasteiger partial charge on any atom is -0.667 e. The molecule has 30 heavy (non-hydrogen) atoms. The van der Waals surface area contributed by atoms with Gasteiger partial charge in [-0.25, -0.2) is 4.79 Å². The Bertz CT molecular complexity index is 511. The molecule has 0 aromatic heterocycles. The summed E-state index contributed by atoms with van der Waals surface area (Å²) >= 11 is 0. The van der Waals surface area contributed by atoms with Crippen LogP contribution in [0.15, 0.2) is 37.0 Å². The van der Waals surface area contributed by atoms with Crippen LogP contribution in [0.5, 0.6) is 0 Å². The van der Waals surface area contributed by atoms with E-state index in [0.29, 0.717) is 25.8 Å². The molecule has 168 valence electrons. The van der Waals surface area contributed by atoms with Crippen LogP contribution in [0.2, 0.25) is 0 Å². The average molecular weight is 451 g/mol. The van der Waals surface area contributed by atoms with Crippen molar-refractivity contribution in [1.82, 2.24) is 10.6 Å². The molecule has 0 aliphatic heterocycles. The van der Waals surface area contributed by atoms with E-state index in [1.165, 1.54) is 6.42 Å². The van der Waals surface area contributed by atoms with Crippen molar-refractivity contribution in [1.29, 1.82) is 0 Å². The molecule has 1 atom stereocenters. The first kappa shape index (κ1) is 36.4. The van der Waals surface area contributed by atoms with Crippen LogP contribution in [0.3, 0.4) is 0 Å². The first-order valence-corrected chi connectivity index (χ1v) is 9.94. The molecule has 0 aliphatic carbocycles. The predicted octanol–water partition coefficient (Wildman–Crippen LogP) is 0.650. The molecule has 0 bridgehead atoms. The van der Waals surface area contributed by atoms with Crippen LogP contribution in [-0.4, -0.2) is 43.6 Å². The standard InChI is InChI=1S/C16H25N4O4.C3H8.C2H6.K/c1-3-7-12(4-2)11-24-16(23)19-9-6-5-8-13(17)15(22)20-10-14(18)21;1-3-2;1-2;/h3-4,7,13,17H,1-2,5-6,8-11H2,(H2,18,21)(H,19,23)(H,20,22);3H2,1-2H3;1-2H3;/q-1;;;+1/b12-7+;;;. The van der Waals surface area contributed by atoms with E-state index in [1.807, 2.05) is 13.8 Å². The number of ether oxygens (including phenoxy) is 1. The Labute approximate surface area is 224 Å². The van der Waals surface area contributed by atoms with Gasteiger partial charge in [0.15, 0.2) is 0 Å². The van der Waals surface area contributed by atoms with Gasteiger partial charge in [0.25, 0.3) is 0 Å². The third-order valence-corrected chi connectivity index (χ3v) is 2.91. The van der Waals surface area contributed by atoms with E-state index in [0.717, 1.165) is 5.57 Å². The van der Waals surface area contributed by atoms with Crippen molar-refractivity contribution in [2.75, 3.05) is 19.7 Å². The van der Waals surface area contributed by atoms with Gasteiger partial charge in [0, 0.05) is 6.54 Å². The Morgan fingerprint density at radius 3 is 2.17 bits per heavy atom. The summed E-state index contributed by atoms with van der Waals surface area (Å²) in [4.78, 5) is 33.4. The normalized spacial score (nSPS) is 10.4.